The SMILES string of the molecule is CC[C-]=C(CC)c1[c-]cccc1.[CH-]=C(CC)c1[c-]cc(CC)cc1.[CH-]=Cc1[c-]cc(CC)c(CC)c1.[Y].[Y].[Y]. The normalized spacial score (nSPS) is 9.64. The Morgan fingerprint density at radius 2 is 1.46 bits per heavy atom. The van der Waals surface area contributed by atoms with Gasteiger partial charge in [-0.05, 0) is 6.42 Å². The Morgan fingerprint density at radius 3 is 1.90 bits per heavy atom. The molecule has 0 aliphatic rings. The van der Waals surface area contributed by atoms with Gasteiger partial charge in [-0.3, -0.25) is 5.57 Å². The first-order valence-electron chi connectivity index (χ1n) is 13.2. The molecule has 3 rings (SSSR count). The van der Waals surface area contributed by atoms with Crippen LogP contribution in [-0.4, -0.2) is 0 Å². The summed E-state index contributed by atoms with van der Waals surface area (Å²) in [5, 5.41) is 0. The molecule has 3 heteroatoms. The minimum absolute atomic E-state index is 0. The van der Waals surface area contributed by atoms with Gasteiger partial charge in [-0.1, -0.05) is 67.2 Å². The van der Waals surface area contributed by atoms with E-state index in [-0.39, 0.29) is 98.1 Å². The minimum atomic E-state index is 0. The first kappa shape index (κ1) is 43.6. The third kappa shape index (κ3) is 17.0. The third-order valence-electron chi connectivity index (χ3n) is 5.89. The van der Waals surface area contributed by atoms with Crippen LogP contribution >= 0.6 is 0 Å². The zero-order valence-corrected chi connectivity index (χ0v) is 33.4. The van der Waals surface area contributed by atoms with E-state index >= 15 is 0 Å². The second-order valence-electron chi connectivity index (χ2n) is 8.29. The molecular formula is C36H42Y3-6. The van der Waals surface area contributed by atoms with Crippen molar-refractivity contribution in [3.8, 4) is 0 Å². The molecule has 39 heavy (non-hydrogen) atoms. The van der Waals surface area contributed by atoms with Crippen molar-refractivity contribution >= 4 is 17.2 Å². The van der Waals surface area contributed by atoms with Crippen LogP contribution < -0.4 is 0 Å². The van der Waals surface area contributed by atoms with E-state index in [1.54, 1.807) is 6.08 Å². The summed E-state index contributed by atoms with van der Waals surface area (Å²) < 4.78 is 0. The topological polar surface area (TPSA) is 0 Å². The van der Waals surface area contributed by atoms with Crippen molar-refractivity contribution in [3.05, 3.63) is 125 Å². The third-order valence-corrected chi connectivity index (χ3v) is 5.89. The second-order valence-corrected chi connectivity index (χ2v) is 8.29. The van der Waals surface area contributed by atoms with Crippen LogP contribution in [0.5, 0.6) is 0 Å². The smallest absolute Gasteiger partial charge is 0 e. The van der Waals surface area contributed by atoms with Crippen LogP contribution in [0.2, 0.25) is 0 Å². The van der Waals surface area contributed by atoms with Crippen LogP contribution in [0.1, 0.15) is 94.2 Å². The molecule has 0 aliphatic heterocycles. The molecule has 201 valence electrons. The molecule has 0 unspecified atom stereocenters. The summed E-state index contributed by atoms with van der Waals surface area (Å²) in [6.07, 6.45) is 11.0. The zero-order valence-electron chi connectivity index (χ0n) is 24.9. The zero-order chi connectivity index (χ0) is 26.8. The Bertz CT molecular complexity index is 1060. The van der Waals surface area contributed by atoms with Crippen LogP contribution in [0.15, 0.2) is 54.6 Å². The standard InChI is InChI=1S/3C12H14.3Y/c1-4-10(3)12-8-6-11(5-2)7-9-12;1-4-10-7-8-11(5-2)12(6-3)9-10;1-3-8-11(4-2)12-9-6-5-7-10-12;;;/h3,6-8H,4-5H2,1-2H3;1,4,8-9H,5-6H2,2-3H3;5-7,9H,3-4H2,1-2H3;;;/q3*-2;;;. The van der Waals surface area contributed by atoms with Gasteiger partial charge in [-0.2, -0.15) is 30.3 Å². The van der Waals surface area contributed by atoms with Crippen molar-refractivity contribution in [2.45, 2.75) is 80.1 Å². The number of rotatable bonds is 9. The van der Waals surface area contributed by atoms with Gasteiger partial charge in [0.15, 0.2) is 0 Å². The van der Waals surface area contributed by atoms with Crippen LogP contribution in [0.3, 0.4) is 0 Å². The Kier molecular flexibility index (Phi) is 30.3. The first-order chi connectivity index (χ1) is 17.5. The van der Waals surface area contributed by atoms with Gasteiger partial charge in [-0.15, -0.1) is 29.2 Å². The fourth-order valence-corrected chi connectivity index (χ4v) is 3.61. The van der Waals surface area contributed by atoms with Crippen molar-refractivity contribution in [2.75, 3.05) is 0 Å². The fraction of sp³-hybridized carbons (Fsp3) is 0.333. The number of hydrogen-bond donors (Lipinski definition) is 0. The van der Waals surface area contributed by atoms with Crippen LogP contribution in [0.4, 0.5) is 0 Å². The Labute approximate surface area is 316 Å². The van der Waals surface area contributed by atoms with E-state index in [1.165, 1.54) is 27.8 Å². The van der Waals surface area contributed by atoms with Gasteiger partial charge in [0, 0.05) is 98.1 Å². The molecule has 0 saturated carbocycles. The van der Waals surface area contributed by atoms with E-state index < -0.39 is 0 Å². The molecule has 0 heterocycles. The number of allylic oxidation sites excluding steroid dienone is 3. The summed E-state index contributed by atoms with van der Waals surface area (Å²) in [6, 6.07) is 27.9. The van der Waals surface area contributed by atoms with E-state index in [1.807, 2.05) is 36.4 Å². The Balaban J connectivity index is -0.000000480. The average molecular weight is 741 g/mol. The minimum Gasteiger partial charge on any atom is -0.344 e. The molecule has 0 bridgehead atoms. The summed E-state index contributed by atoms with van der Waals surface area (Å²) in [4.78, 5) is 0. The molecule has 0 N–H and O–H groups in total. The van der Waals surface area contributed by atoms with Gasteiger partial charge in [0.2, 0.25) is 0 Å². The van der Waals surface area contributed by atoms with E-state index in [9.17, 15) is 0 Å². The van der Waals surface area contributed by atoms with Crippen LogP contribution in [0.25, 0.3) is 17.2 Å². The molecule has 3 aromatic carbocycles. The molecule has 0 aliphatic carbocycles. The molecule has 0 atom stereocenters. The predicted molar refractivity (Wildman–Crippen MR) is 158 cm³/mol. The molecule has 0 nitrogen and oxygen atoms in total. The number of benzene rings is 3. The number of aryl methyl sites for hydroxylation is 3. The average Bonchev–Trinajstić information content (AvgIpc) is 2.96. The van der Waals surface area contributed by atoms with Crippen LogP contribution in [-0.2, 0) is 117 Å². The molecule has 0 aromatic heterocycles. The summed E-state index contributed by atoms with van der Waals surface area (Å²) in [5.74, 6) is 0. The van der Waals surface area contributed by atoms with Gasteiger partial charge in [0.05, 0.1) is 0 Å². The van der Waals surface area contributed by atoms with E-state index in [4.69, 9.17) is 13.2 Å². The second kappa shape index (κ2) is 27.1. The van der Waals surface area contributed by atoms with Gasteiger partial charge in [-0.25, -0.2) is 36.4 Å². The summed E-state index contributed by atoms with van der Waals surface area (Å²) in [7, 11) is 0. The molecule has 0 amide bonds. The maximum Gasteiger partial charge on any atom is 0 e. The first-order valence-corrected chi connectivity index (χ1v) is 13.2. The maximum atomic E-state index is 5.77. The van der Waals surface area contributed by atoms with Crippen LogP contribution in [0, 0.1) is 37.4 Å². The largest absolute Gasteiger partial charge is 0.344 e. The molecule has 3 radical (unpaired) electrons. The molecule has 0 spiro atoms. The molecular weight excluding hydrogens is 699 g/mol. The monoisotopic (exact) mass is 741 g/mol. The van der Waals surface area contributed by atoms with Crippen molar-refractivity contribution in [1.82, 2.24) is 0 Å². The Hall–Kier alpha value is 0.192. The molecule has 0 saturated heterocycles. The quantitative estimate of drug-likeness (QED) is 0.192. The summed E-state index contributed by atoms with van der Waals surface area (Å²) >= 11 is 0. The fourth-order valence-electron chi connectivity index (χ4n) is 3.61. The summed E-state index contributed by atoms with van der Waals surface area (Å²) in [6.45, 7) is 24.0. The van der Waals surface area contributed by atoms with Crippen molar-refractivity contribution < 1.29 is 98.1 Å². The van der Waals surface area contributed by atoms with Gasteiger partial charge >= 0.3 is 0 Å². The van der Waals surface area contributed by atoms with Crippen molar-refractivity contribution in [1.29, 1.82) is 0 Å². The summed E-state index contributed by atoms with van der Waals surface area (Å²) in [5.41, 5.74) is 9.47. The van der Waals surface area contributed by atoms with E-state index in [0.717, 1.165) is 55.2 Å². The predicted octanol–water partition coefficient (Wildman–Crippen LogP) is 9.82. The Morgan fingerprint density at radius 1 is 0.769 bits per heavy atom. The van der Waals surface area contributed by atoms with E-state index in [0.29, 0.717) is 0 Å². The van der Waals surface area contributed by atoms with Gasteiger partial charge < -0.3 is 47.6 Å². The van der Waals surface area contributed by atoms with E-state index in [2.05, 4.69) is 84.0 Å². The van der Waals surface area contributed by atoms with Crippen molar-refractivity contribution in [2.24, 2.45) is 0 Å². The number of hydrogen-bond acceptors (Lipinski definition) is 0. The van der Waals surface area contributed by atoms with Gasteiger partial charge in [0.25, 0.3) is 0 Å². The molecule has 3 aromatic rings. The maximum absolute atomic E-state index is 5.77. The van der Waals surface area contributed by atoms with Gasteiger partial charge in [0.1, 0.15) is 0 Å². The van der Waals surface area contributed by atoms with Crippen molar-refractivity contribution in [3.63, 3.8) is 0 Å². The molecule has 0 fully saturated rings.